The van der Waals surface area contributed by atoms with Crippen LogP contribution in [0.3, 0.4) is 0 Å². The van der Waals surface area contributed by atoms with Gasteiger partial charge in [0.2, 0.25) is 0 Å². The van der Waals surface area contributed by atoms with E-state index < -0.39 is 0 Å². The van der Waals surface area contributed by atoms with Crippen LogP contribution in [0.2, 0.25) is 0 Å². The molecule has 0 unspecified atom stereocenters. The maximum Gasteiger partial charge on any atom is 0.123 e. The van der Waals surface area contributed by atoms with E-state index in [4.69, 9.17) is 0 Å². The highest BCUT2D eigenvalue weighted by Crippen LogP contribution is 2.26. The van der Waals surface area contributed by atoms with E-state index in [0.717, 1.165) is 36.1 Å². The molecule has 2 rings (SSSR count). The van der Waals surface area contributed by atoms with E-state index in [1.54, 1.807) is 17.4 Å². The first-order valence-electron chi connectivity index (χ1n) is 5.83. The molecule has 4 heteroatoms. The Morgan fingerprint density at radius 2 is 2.12 bits per heavy atom. The molecule has 0 fully saturated rings. The Hall–Kier alpha value is -0.970. The summed E-state index contributed by atoms with van der Waals surface area (Å²) in [7, 11) is 1.96. The van der Waals surface area contributed by atoms with E-state index in [9.17, 15) is 4.39 Å². The maximum absolute atomic E-state index is 13.0. The zero-order valence-corrected chi connectivity index (χ0v) is 10.7. The van der Waals surface area contributed by atoms with Crippen molar-refractivity contribution in [1.29, 1.82) is 0 Å². The molecule has 92 valence electrons. The van der Waals surface area contributed by atoms with E-state index in [0.29, 0.717) is 0 Å². The maximum atomic E-state index is 13.0. The van der Waals surface area contributed by atoms with Crippen LogP contribution < -0.4 is 10.6 Å². The number of hydrogen-bond acceptors (Lipinski definition) is 3. The van der Waals surface area contributed by atoms with Crippen molar-refractivity contribution < 1.29 is 4.39 Å². The number of halogens is 1. The van der Waals surface area contributed by atoms with Gasteiger partial charge in [0.15, 0.2) is 0 Å². The monoisotopic (exact) mass is 252 g/mol. The van der Waals surface area contributed by atoms with Crippen LogP contribution in [-0.4, -0.2) is 20.1 Å². The minimum Gasteiger partial charge on any atom is -0.320 e. The first kappa shape index (κ1) is 12.5. The number of fused-ring (bicyclic) bond motifs is 1. The van der Waals surface area contributed by atoms with Crippen molar-refractivity contribution in [2.24, 2.45) is 0 Å². The van der Waals surface area contributed by atoms with Crippen molar-refractivity contribution in [3.05, 3.63) is 35.0 Å². The first-order chi connectivity index (χ1) is 8.29. The van der Waals surface area contributed by atoms with E-state index in [1.165, 1.54) is 10.9 Å². The normalized spacial score (nSPS) is 11.2. The SMILES string of the molecule is CNCCCNCc1cc2cc(F)ccc2s1. The van der Waals surface area contributed by atoms with Crippen LogP contribution in [0, 0.1) is 5.82 Å². The fourth-order valence-corrected chi connectivity index (χ4v) is 2.77. The summed E-state index contributed by atoms with van der Waals surface area (Å²) >= 11 is 1.72. The van der Waals surface area contributed by atoms with E-state index in [1.807, 2.05) is 13.1 Å². The smallest absolute Gasteiger partial charge is 0.123 e. The standard InChI is InChI=1S/C13H17FN2S/c1-15-5-2-6-16-9-12-8-10-7-11(14)3-4-13(10)17-12/h3-4,7-8,15-16H,2,5-6,9H2,1H3. The first-order valence-corrected chi connectivity index (χ1v) is 6.64. The largest absolute Gasteiger partial charge is 0.320 e. The third kappa shape index (κ3) is 3.49. The topological polar surface area (TPSA) is 24.1 Å². The van der Waals surface area contributed by atoms with E-state index in [2.05, 4.69) is 16.7 Å². The van der Waals surface area contributed by atoms with Gasteiger partial charge in [-0.05, 0) is 56.2 Å². The molecule has 0 aliphatic rings. The third-order valence-corrected chi connectivity index (χ3v) is 3.73. The van der Waals surface area contributed by atoms with Crippen molar-refractivity contribution >= 4 is 21.4 Å². The molecule has 2 aromatic rings. The Morgan fingerprint density at radius 1 is 1.24 bits per heavy atom. The average Bonchev–Trinajstić information content (AvgIpc) is 2.70. The van der Waals surface area contributed by atoms with Gasteiger partial charge in [0.25, 0.3) is 0 Å². The van der Waals surface area contributed by atoms with Crippen molar-refractivity contribution in [2.45, 2.75) is 13.0 Å². The van der Waals surface area contributed by atoms with Gasteiger partial charge in [0.05, 0.1) is 0 Å². The summed E-state index contributed by atoms with van der Waals surface area (Å²) in [4.78, 5) is 1.26. The molecule has 0 spiro atoms. The second kappa shape index (κ2) is 6.10. The fourth-order valence-electron chi connectivity index (χ4n) is 1.76. The molecule has 0 atom stereocenters. The number of thiophene rings is 1. The van der Waals surface area contributed by atoms with Gasteiger partial charge < -0.3 is 10.6 Å². The second-order valence-electron chi connectivity index (χ2n) is 4.03. The van der Waals surface area contributed by atoms with E-state index >= 15 is 0 Å². The molecule has 2 nitrogen and oxygen atoms in total. The summed E-state index contributed by atoms with van der Waals surface area (Å²) in [6, 6.07) is 7.02. The van der Waals surface area contributed by atoms with Crippen LogP contribution in [0.4, 0.5) is 4.39 Å². The Morgan fingerprint density at radius 3 is 2.94 bits per heavy atom. The van der Waals surface area contributed by atoms with Gasteiger partial charge in [-0.15, -0.1) is 11.3 Å². The van der Waals surface area contributed by atoms with E-state index in [-0.39, 0.29) is 5.82 Å². The molecule has 0 aliphatic heterocycles. The van der Waals surface area contributed by atoms with Crippen molar-refractivity contribution in [1.82, 2.24) is 10.6 Å². The summed E-state index contributed by atoms with van der Waals surface area (Å²) in [6.45, 7) is 2.90. The Balaban J connectivity index is 1.91. The molecular weight excluding hydrogens is 235 g/mol. The lowest BCUT2D eigenvalue weighted by Gasteiger charge is -2.01. The molecule has 1 heterocycles. The Labute approximate surface area is 105 Å². The lowest BCUT2D eigenvalue weighted by atomic mass is 10.2. The highest BCUT2D eigenvalue weighted by Gasteiger charge is 2.02. The molecular formula is C13H17FN2S. The molecule has 0 saturated carbocycles. The van der Waals surface area contributed by atoms with Gasteiger partial charge in [0.1, 0.15) is 5.82 Å². The number of benzene rings is 1. The van der Waals surface area contributed by atoms with Gasteiger partial charge in [0, 0.05) is 16.1 Å². The zero-order valence-electron chi connectivity index (χ0n) is 9.92. The quantitative estimate of drug-likeness (QED) is 0.772. The molecule has 17 heavy (non-hydrogen) atoms. The molecule has 1 aromatic heterocycles. The van der Waals surface area contributed by atoms with Crippen LogP contribution >= 0.6 is 11.3 Å². The molecule has 0 saturated heterocycles. The highest BCUT2D eigenvalue weighted by atomic mass is 32.1. The van der Waals surface area contributed by atoms with Gasteiger partial charge in [-0.2, -0.15) is 0 Å². The van der Waals surface area contributed by atoms with Gasteiger partial charge >= 0.3 is 0 Å². The lowest BCUT2D eigenvalue weighted by Crippen LogP contribution is -2.18. The number of rotatable bonds is 6. The minimum atomic E-state index is -0.163. The summed E-state index contributed by atoms with van der Waals surface area (Å²) in [6.07, 6.45) is 1.12. The van der Waals surface area contributed by atoms with Crippen LogP contribution in [0.15, 0.2) is 24.3 Å². The van der Waals surface area contributed by atoms with Crippen LogP contribution in [0.1, 0.15) is 11.3 Å². The molecule has 2 N–H and O–H groups in total. The molecule has 0 bridgehead atoms. The Bertz CT molecular complexity index is 481. The predicted octanol–water partition coefficient (Wildman–Crippen LogP) is 2.74. The predicted molar refractivity (Wildman–Crippen MR) is 72.0 cm³/mol. The van der Waals surface area contributed by atoms with Crippen LogP contribution in [-0.2, 0) is 6.54 Å². The zero-order chi connectivity index (χ0) is 12.1. The van der Waals surface area contributed by atoms with Gasteiger partial charge in [-0.1, -0.05) is 0 Å². The summed E-state index contributed by atoms with van der Waals surface area (Å²) in [5.74, 6) is -0.163. The number of hydrogen-bond donors (Lipinski definition) is 2. The summed E-state index contributed by atoms with van der Waals surface area (Å²) < 4.78 is 14.2. The van der Waals surface area contributed by atoms with Crippen molar-refractivity contribution in [3.8, 4) is 0 Å². The van der Waals surface area contributed by atoms with Gasteiger partial charge in [-0.3, -0.25) is 0 Å². The van der Waals surface area contributed by atoms with Crippen LogP contribution in [0.25, 0.3) is 10.1 Å². The number of nitrogens with one attached hydrogen (secondary N) is 2. The second-order valence-corrected chi connectivity index (χ2v) is 5.20. The fraction of sp³-hybridized carbons (Fsp3) is 0.385. The third-order valence-electron chi connectivity index (χ3n) is 2.61. The van der Waals surface area contributed by atoms with Crippen molar-refractivity contribution in [3.63, 3.8) is 0 Å². The highest BCUT2D eigenvalue weighted by molar-refractivity contribution is 7.19. The minimum absolute atomic E-state index is 0.163. The molecule has 0 amide bonds. The summed E-state index contributed by atoms with van der Waals surface area (Å²) in [5.41, 5.74) is 0. The van der Waals surface area contributed by atoms with Crippen LogP contribution in [0.5, 0.6) is 0 Å². The Kier molecular flexibility index (Phi) is 4.48. The molecule has 0 aliphatic carbocycles. The van der Waals surface area contributed by atoms with Gasteiger partial charge in [-0.25, -0.2) is 4.39 Å². The molecule has 0 radical (unpaired) electrons. The molecule has 1 aromatic carbocycles. The average molecular weight is 252 g/mol. The lowest BCUT2D eigenvalue weighted by molar-refractivity contribution is 0.628. The summed E-state index contributed by atoms with van der Waals surface area (Å²) in [5, 5.41) is 7.51. The van der Waals surface area contributed by atoms with Crippen molar-refractivity contribution in [2.75, 3.05) is 20.1 Å².